The van der Waals surface area contributed by atoms with E-state index in [1.807, 2.05) is 0 Å². The summed E-state index contributed by atoms with van der Waals surface area (Å²) in [6, 6.07) is 8.60. The van der Waals surface area contributed by atoms with E-state index < -0.39 is 11.9 Å². The number of benzene rings is 1. The number of pyridine rings is 1. The number of carbonyl (C=O) groups excluding carboxylic acids is 1. The van der Waals surface area contributed by atoms with E-state index in [0.29, 0.717) is 27.1 Å². The molecule has 0 radical (unpaired) electrons. The van der Waals surface area contributed by atoms with Crippen LogP contribution in [0.5, 0.6) is 5.75 Å². The van der Waals surface area contributed by atoms with Gasteiger partial charge in [-0.25, -0.2) is 9.78 Å². The Morgan fingerprint density at radius 2 is 1.96 bits per heavy atom. The smallest absolute Gasteiger partial charge is 0.346 e. The van der Waals surface area contributed by atoms with Gasteiger partial charge in [0.15, 0.2) is 0 Å². The lowest BCUT2D eigenvalue weighted by molar-refractivity contribution is 0.0702. The molecule has 0 fully saturated rings. The quantitative estimate of drug-likeness (QED) is 0.766. The molecule has 6 nitrogen and oxygen atoms in total. The van der Waals surface area contributed by atoms with Crippen molar-refractivity contribution in [3.05, 3.63) is 47.0 Å². The standard InChI is InChI=1S/C16H12N2O4S/c1-22-10-4-2-8(3-5-10)12-11-6-9(14(17)19)7-18-15(11)23-13(12)16(20)21/h2-7H,1H3,(H2,17,19)(H,20,21). The molecule has 1 aromatic carbocycles. The third kappa shape index (κ3) is 2.62. The average molecular weight is 328 g/mol. The lowest BCUT2D eigenvalue weighted by Gasteiger charge is -2.05. The van der Waals surface area contributed by atoms with Gasteiger partial charge in [0.25, 0.3) is 0 Å². The van der Waals surface area contributed by atoms with Gasteiger partial charge in [-0.1, -0.05) is 12.1 Å². The van der Waals surface area contributed by atoms with Gasteiger partial charge in [-0.05, 0) is 23.8 Å². The van der Waals surface area contributed by atoms with Crippen LogP contribution in [0.25, 0.3) is 21.3 Å². The summed E-state index contributed by atoms with van der Waals surface area (Å²) in [4.78, 5) is 27.8. The van der Waals surface area contributed by atoms with Crippen molar-refractivity contribution in [2.45, 2.75) is 0 Å². The Labute approximate surface area is 135 Å². The SMILES string of the molecule is COc1ccc(-c2c(C(=O)O)sc3ncc(C(N)=O)cc23)cc1. The Morgan fingerprint density at radius 1 is 1.26 bits per heavy atom. The number of aromatic nitrogens is 1. The number of nitrogens with zero attached hydrogens (tertiary/aromatic N) is 1. The zero-order valence-electron chi connectivity index (χ0n) is 12.1. The summed E-state index contributed by atoms with van der Waals surface area (Å²) in [5.41, 5.74) is 6.76. The molecule has 0 saturated heterocycles. The number of carboxylic acids is 1. The molecule has 0 aliphatic heterocycles. The fraction of sp³-hybridized carbons (Fsp3) is 0.0625. The third-order valence-electron chi connectivity index (χ3n) is 3.40. The zero-order valence-corrected chi connectivity index (χ0v) is 12.9. The fourth-order valence-electron chi connectivity index (χ4n) is 2.31. The number of nitrogens with two attached hydrogens (primary N) is 1. The van der Waals surface area contributed by atoms with E-state index >= 15 is 0 Å². The van der Waals surface area contributed by atoms with Crippen LogP contribution < -0.4 is 10.5 Å². The summed E-state index contributed by atoms with van der Waals surface area (Å²) >= 11 is 1.06. The highest BCUT2D eigenvalue weighted by Gasteiger charge is 2.21. The first-order valence-corrected chi connectivity index (χ1v) is 7.43. The van der Waals surface area contributed by atoms with Crippen LogP contribution in [0.15, 0.2) is 36.5 Å². The lowest BCUT2D eigenvalue weighted by atomic mass is 10.0. The minimum atomic E-state index is -1.04. The molecule has 2 heterocycles. The van der Waals surface area contributed by atoms with Crippen molar-refractivity contribution in [2.75, 3.05) is 7.11 Å². The molecule has 0 aliphatic carbocycles. The maximum Gasteiger partial charge on any atom is 0.346 e. The number of rotatable bonds is 4. The van der Waals surface area contributed by atoms with Gasteiger partial charge in [-0.2, -0.15) is 0 Å². The summed E-state index contributed by atoms with van der Waals surface area (Å²) in [5, 5.41) is 10.1. The van der Waals surface area contributed by atoms with Crippen molar-refractivity contribution in [3.63, 3.8) is 0 Å². The predicted molar refractivity (Wildman–Crippen MR) is 87.1 cm³/mol. The molecule has 0 bridgehead atoms. The van der Waals surface area contributed by atoms with Crippen LogP contribution in [0, 0.1) is 0 Å². The summed E-state index contributed by atoms with van der Waals surface area (Å²) in [6.45, 7) is 0. The van der Waals surface area contributed by atoms with Gasteiger partial charge in [0.05, 0.1) is 12.7 Å². The maximum atomic E-state index is 11.6. The number of amides is 1. The van der Waals surface area contributed by atoms with Gasteiger partial charge in [0.1, 0.15) is 15.5 Å². The van der Waals surface area contributed by atoms with Gasteiger partial charge in [-0.15, -0.1) is 11.3 Å². The van der Waals surface area contributed by atoms with Crippen molar-refractivity contribution in [3.8, 4) is 16.9 Å². The molecule has 3 N–H and O–H groups in total. The molecule has 3 aromatic rings. The third-order valence-corrected chi connectivity index (χ3v) is 4.51. The van der Waals surface area contributed by atoms with E-state index in [0.717, 1.165) is 11.3 Å². The van der Waals surface area contributed by atoms with Crippen LogP contribution in [-0.4, -0.2) is 29.1 Å². The molecular formula is C16H12N2O4S. The highest BCUT2D eigenvalue weighted by Crippen LogP contribution is 2.38. The van der Waals surface area contributed by atoms with Crippen LogP contribution in [0.1, 0.15) is 20.0 Å². The zero-order chi connectivity index (χ0) is 16.6. The normalized spacial score (nSPS) is 10.7. The number of thiophene rings is 1. The molecule has 0 atom stereocenters. The number of hydrogen-bond acceptors (Lipinski definition) is 5. The molecule has 0 spiro atoms. The van der Waals surface area contributed by atoms with Crippen molar-refractivity contribution >= 4 is 33.4 Å². The highest BCUT2D eigenvalue weighted by atomic mass is 32.1. The molecule has 1 amide bonds. The summed E-state index contributed by atoms with van der Waals surface area (Å²) in [6.07, 6.45) is 1.35. The number of methoxy groups -OCH3 is 1. The van der Waals surface area contributed by atoms with Crippen molar-refractivity contribution in [1.29, 1.82) is 0 Å². The van der Waals surface area contributed by atoms with Gasteiger partial charge in [-0.3, -0.25) is 4.79 Å². The lowest BCUT2D eigenvalue weighted by Crippen LogP contribution is -2.10. The van der Waals surface area contributed by atoms with E-state index in [1.165, 1.54) is 6.20 Å². The predicted octanol–water partition coefficient (Wildman–Crippen LogP) is 2.77. The summed E-state index contributed by atoms with van der Waals surface area (Å²) in [5.74, 6) is -0.983. The van der Waals surface area contributed by atoms with Gasteiger partial charge in [0, 0.05) is 17.1 Å². The van der Waals surface area contributed by atoms with Crippen LogP contribution in [-0.2, 0) is 0 Å². The average Bonchev–Trinajstić information content (AvgIpc) is 2.93. The second-order valence-corrected chi connectivity index (χ2v) is 5.78. The number of hydrogen-bond donors (Lipinski definition) is 2. The van der Waals surface area contributed by atoms with Crippen molar-refractivity contribution in [2.24, 2.45) is 5.73 Å². The van der Waals surface area contributed by atoms with Crippen molar-refractivity contribution in [1.82, 2.24) is 4.98 Å². The fourth-order valence-corrected chi connectivity index (χ4v) is 3.30. The molecule has 0 unspecified atom stereocenters. The second kappa shape index (κ2) is 5.69. The van der Waals surface area contributed by atoms with Crippen molar-refractivity contribution < 1.29 is 19.4 Å². The highest BCUT2D eigenvalue weighted by molar-refractivity contribution is 7.21. The molecule has 3 rings (SSSR count). The molecule has 116 valence electrons. The first-order valence-electron chi connectivity index (χ1n) is 6.61. The Hall–Kier alpha value is -2.93. The van der Waals surface area contributed by atoms with Gasteiger partial charge < -0.3 is 15.6 Å². The van der Waals surface area contributed by atoms with Gasteiger partial charge in [0.2, 0.25) is 5.91 Å². The minimum Gasteiger partial charge on any atom is -0.497 e. The Kier molecular flexibility index (Phi) is 3.71. The first-order chi connectivity index (χ1) is 11.0. The van der Waals surface area contributed by atoms with E-state index in [-0.39, 0.29) is 10.4 Å². The van der Waals surface area contributed by atoms with Crippen LogP contribution in [0.3, 0.4) is 0 Å². The Bertz CT molecular complexity index is 916. The maximum absolute atomic E-state index is 11.6. The Balaban J connectivity index is 2.29. The van der Waals surface area contributed by atoms with E-state index in [1.54, 1.807) is 37.4 Å². The largest absolute Gasteiger partial charge is 0.497 e. The van der Waals surface area contributed by atoms with E-state index in [4.69, 9.17) is 10.5 Å². The number of carbonyl (C=O) groups is 2. The van der Waals surface area contributed by atoms with E-state index in [9.17, 15) is 14.7 Å². The van der Waals surface area contributed by atoms with Gasteiger partial charge >= 0.3 is 5.97 Å². The van der Waals surface area contributed by atoms with Crippen LogP contribution in [0.2, 0.25) is 0 Å². The monoisotopic (exact) mass is 328 g/mol. The molecular weight excluding hydrogens is 316 g/mol. The number of carboxylic acid groups (broad SMARTS) is 1. The van der Waals surface area contributed by atoms with E-state index in [2.05, 4.69) is 4.98 Å². The molecule has 7 heteroatoms. The summed E-state index contributed by atoms with van der Waals surface area (Å²) < 4.78 is 5.12. The topological polar surface area (TPSA) is 103 Å². The Morgan fingerprint density at radius 3 is 2.52 bits per heavy atom. The number of ether oxygens (including phenoxy) is 1. The number of aromatic carboxylic acids is 1. The molecule has 2 aromatic heterocycles. The van der Waals surface area contributed by atoms with Crippen LogP contribution in [0.4, 0.5) is 0 Å². The molecule has 23 heavy (non-hydrogen) atoms. The molecule has 0 aliphatic rings. The number of fused-ring (bicyclic) bond motifs is 1. The summed E-state index contributed by atoms with van der Waals surface area (Å²) in [7, 11) is 1.56. The first kappa shape index (κ1) is 15.0. The van der Waals surface area contributed by atoms with Crippen LogP contribution >= 0.6 is 11.3 Å². The minimum absolute atomic E-state index is 0.166. The molecule has 0 saturated carbocycles. The second-order valence-electron chi connectivity index (χ2n) is 4.78. The number of primary amides is 1.